The number of ether oxygens (including phenoxy) is 3. The van der Waals surface area contributed by atoms with Crippen molar-refractivity contribution in [2.75, 3.05) is 49.6 Å². The van der Waals surface area contributed by atoms with Crippen LogP contribution in [0, 0.1) is 5.92 Å². The van der Waals surface area contributed by atoms with E-state index < -0.39 is 0 Å². The number of hydrogen-bond acceptors (Lipinski definition) is 6. The highest BCUT2D eigenvalue weighted by atomic mass is 32.2. The lowest BCUT2D eigenvalue weighted by molar-refractivity contribution is -0.162. The summed E-state index contributed by atoms with van der Waals surface area (Å²) in [5.74, 6) is 3.10. The standard InChI is InChI=1S/C12H21NO3S2/c1-2-14-3-10(13-1)12-5-15-11(4-16-12)9-6-17-8-18-7-9/h9-13H,1-8H2. The van der Waals surface area contributed by atoms with E-state index >= 15 is 0 Å². The SMILES string of the molecule is C1COCC(C2COC(C3CSCSC3)CO2)N1. The molecule has 0 aromatic carbocycles. The molecule has 4 nitrogen and oxygen atoms in total. The second kappa shape index (κ2) is 6.81. The van der Waals surface area contributed by atoms with E-state index in [1.807, 2.05) is 23.5 Å². The summed E-state index contributed by atoms with van der Waals surface area (Å²) in [6.45, 7) is 3.92. The third-order valence-electron chi connectivity index (χ3n) is 3.70. The molecule has 0 radical (unpaired) electrons. The van der Waals surface area contributed by atoms with Gasteiger partial charge in [-0.15, -0.1) is 0 Å². The van der Waals surface area contributed by atoms with Crippen molar-refractivity contribution in [3.05, 3.63) is 0 Å². The fourth-order valence-electron chi connectivity index (χ4n) is 2.58. The quantitative estimate of drug-likeness (QED) is 0.812. The van der Waals surface area contributed by atoms with Gasteiger partial charge in [-0.3, -0.25) is 0 Å². The van der Waals surface area contributed by atoms with Gasteiger partial charge in [0.1, 0.15) is 0 Å². The van der Waals surface area contributed by atoms with Crippen LogP contribution in [0.3, 0.4) is 0 Å². The number of rotatable bonds is 2. The van der Waals surface area contributed by atoms with Gasteiger partial charge < -0.3 is 19.5 Å². The van der Waals surface area contributed by atoms with E-state index in [2.05, 4.69) is 5.32 Å². The van der Waals surface area contributed by atoms with E-state index in [9.17, 15) is 0 Å². The molecular formula is C12H21NO3S2. The molecule has 3 heterocycles. The first-order chi connectivity index (χ1) is 8.93. The predicted octanol–water partition coefficient (Wildman–Crippen LogP) is 0.812. The van der Waals surface area contributed by atoms with E-state index in [-0.39, 0.29) is 6.10 Å². The van der Waals surface area contributed by atoms with Crippen LogP contribution >= 0.6 is 23.5 Å². The van der Waals surface area contributed by atoms with Crippen molar-refractivity contribution in [3.63, 3.8) is 0 Å². The maximum atomic E-state index is 6.04. The molecule has 3 rings (SSSR count). The first kappa shape index (κ1) is 13.5. The van der Waals surface area contributed by atoms with Gasteiger partial charge in [-0.25, -0.2) is 0 Å². The van der Waals surface area contributed by atoms with Crippen molar-refractivity contribution in [3.8, 4) is 0 Å². The monoisotopic (exact) mass is 291 g/mol. The molecule has 0 spiro atoms. The Bertz CT molecular complexity index is 224. The Morgan fingerprint density at radius 1 is 0.944 bits per heavy atom. The zero-order valence-electron chi connectivity index (χ0n) is 10.5. The number of morpholine rings is 1. The third-order valence-corrected chi connectivity index (χ3v) is 6.37. The minimum atomic E-state index is 0.158. The molecule has 3 unspecified atom stereocenters. The van der Waals surface area contributed by atoms with Gasteiger partial charge >= 0.3 is 0 Å². The van der Waals surface area contributed by atoms with Crippen LogP contribution in [0.2, 0.25) is 0 Å². The molecular weight excluding hydrogens is 270 g/mol. The predicted molar refractivity (Wildman–Crippen MR) is 75.4 cm³/mol. The van der Waals surface area contributed by atoms with E-state index in [1.54, 1.807) is 0 Å². The Morgan fingerprint density at radius 2 is 1.72 bits per heavy atom. The largest absolute Gasteiger partial charge is 0.378 e. The molecule has 0 amide bonds. The summed E-state index contributed by atoms with van der Waals surface area (Å²) in [5, 5.41) is 4.68. The minimum Gasteiger partial charge on any atom is -0.378 e. The highest BCUT2D eigenvalue weighted by Gasteiger charge is 2.34. The summed E-state index contributed by atoms with van der Waals surface area (Å²) >= 11 is 4.04. The van der Waals surface area contributed by atoms with Crippen LogP contribution in [-0.4, -0.2) is 67.8 Å². The molecule has 3 atom stereocenters. The van der Waals surface area contributed by atoms with Crippen LogP contribution in [-0.2, 0) is 14.2 Å². The summed E-state index contributed by atoms with van der Waals surface area (Å²) in [6, 6.07) is 0.301. The maximum absolute atomic E-state index is 6.04. The van der Waals surface area contributed by atoms with Gasteiger partial charge in [0, 0.05) is 29.1 Å². The molecule has 0 aromatic heterocycles. The van der Waals surface area contributed by atoms with Crippen LogP contribution in [0.25, 0.3) is 0 Å². The van der Waals surface area contributed by atoms with Crippen LogP contribution in [0.4, 0.5) is 0 Å². The fraction of sp³-hybridized carbons (Fsp3) is 1.00. The average molecular weight is 291 g/mol. The third kappa shape index (κ3) is 3.35. The Kier molecular flexibility index (Phi) is 5.12. The van der Waals surface area contributed by atoms with Crippen molar-refractivity contribution >= 4 is 23.5 Å². The molecule has 104 valence electrons. The van der Waals surface area contributed by atoms with E-state index in [1.165, 1.54) is 16.6 Å². The Labute approximate surface area is 117 Å². The smallest absolute Gasteiger partial charge is 0.0984 e. The summed E-state index contributed by atoms with van der Waals surface area (Å²) < 4.78 is 17.5. The molecule has 3 aliphatic heterocycles. The van der Waals surface area contributed by atoms with Crippen LogP contribution in [0.5, 0.6) is 0 Å². The number of hydrogen-bond donors (Lipinski definition) is 1. The molecule has 18 heavy (non-hydrogen) atoms. The lowest BCUT2D eigenvalue weighted by Crippen LogP contribution is -2.55. The number of nitrogens with one attached hydrogen (secondary N) is 1. The maximum Gasteiger partial charge on any atom is 0.0984 e. The average Bonchev–Trinajstić information content (AvgIpc) is 2.49. The van der Waals surface area contributed by atoms with Crippen molar-refractivity contribution in [2.24, 2.45) is 5.92 Å². The molecule has 6 heteroatoms. The molecule has 3 saturated heterocycles. The van der Waals surface area contributed by atoms with Crippen molar-refractivity contribution in [1.82, 2.24) is 5.32 Å². The molecule has 0 aromatic rings. The highest BCUT2D eigenvalue weighted by molar-refractivity contribution is 8.16. The van der Waals surface area contributed by atoms with Gasteiger partial charge in [0.25, 0.3) is 0 Å². The molecule has 3 aliphatic rings. The van der Waals surface area contributed by atoms with Gasteiger partial charge in [0.05, 0.1) is 44.7 Å². The summed E-state index contributed by atoms with van der Waals surface area (Å²) in [5.41, 5.74) is 0. The number of thioether (sulfide) groups is 2. The molecule has 1 N–H and O–H groups in total. The lowest BCUT2D eigenvalue weighted by atomic mass is 10.1. The highest BCUT2D eigenvalue weighted by Crippen LogP contribution is 2.30. The topological polar surface area (TPSA) is 39.7 Å². The molecule has 0 saturated carbocycles. The Balaban J connectivity index is 1.45. The summed E-state index contributed by atoms with van der Waals surface area (Å²) in [7, 11) is 0. The zero-order chi connectivity index (χ0) is 12.2. The van der Waals surface area contributed by atoms with Crippen LogP contribution in [0.1, 0.15) is 0 Å². The normalized spacial score (nSPS) is 39.7. The second-order valence-electron chi connectivity index (χ2n) is 5.00. The van der Waals surface area contributed by atoms with Crippen LogP contribution < -0.4 is 5.32 Å². The van der Waals surface area contributed by atoms with Crippen molar-refractivity contribution < 1.29 is 14.2 Å². The Morgan fingerprint density at radius 3 is 2.39 bits per heavy atom. The molecule has 3 fully saturated rings. The second-order valence-corrected chi connectivity index (χ2v) is 7.42. The zero-order valence-corrected chi connectivity index (χ0v) is 12.1. The van der Waals surface area contributed by atoms with Gasteiger partial charge in [0.2, 0.25) is 0 Å². The van der Waals surface area contributed by atoms with Gasteiger partial charge in [0.15, 0.2) is 0 Å². The summed E-state index contributed by atoms with van der Waals surface area (Å²) in [4.78, 5) is 0. The lowest BCUT2D eigenvalue weighted by Gasteiger charge is -2.39. The van der Waals surface area contributed by atoms with E-state index in [0.29, 0.717) is 24.7 Å². The van der Waals surface area contributed by atoms with Crippen molar-refractivity contribution in [1.29, 1.82) is 0 Å². The minimum absolute atomic E-state index is 0.158. The molecule has 0 aliphatic carbocycles. The Hall–Kier alpha value is 0.540. The van der Waals surface area contributed by atoms with Crippen molar-refractivity contribution in [2.45, 2.75) is 18.2 Å². The first-order valence-corrected chi connectivity index (χ1v) is 8.94. The van der Waals surface area contributed by atoms with Gasteiger partial charge in [-0.1, -0.05) is 0 Å². The van der Waals surface area contributed by atoms with Gasteiger partial charge in [-0.2, -0.15) is 23.5 Å². The van der Waals surface area contributed by atoms with E-state index in [4.69, 9.17) is 14.2 Å². The molecule has 0 bridgehead atoms. The van der Waals surface area contributed by atoms with Gasteiger partial charge in [-0.05, 0) is 0 Å². The van der Waals surface area contributed by atoms with E-state index in [0.717, 1.165) is 26.4 Å². The van der Waals surface area contributed by atoms with Crippen LogP contribution in [0.15, 0.2) is 0 Å². The first-order valence-electron chi connectivity index (χ1n) is 6.63. The summed E-state index contributed by atoms with van der Waals surface area (Å²) in [6.07, 6.45) is 0.455. The fourth-order valence-corrected chi connectivity index (χ4v) is 5.24.